The lowest BCUT2D eigenvalue weighted by atomic mass is 10.2. The van der Waals surface area contributed by atoms with Gasteiger partial charge in [-0.1, -0.05) is 53.2 Å². The number of hydrogen-bond acceptors (Lipinski definition) is 4. The minimum Gasteiger partial charge on any atom is -0.326 e. The molecule has 1 aliphatic heterocycles. The predicted molar refractivity (Wildman–Crippen MR) is 117 cm³/mol. The van der Waals surface area contributed by atoms with Crippen LogP contribution in [0.1, 0.15) is 6.42 Å². The monoisotopic (exact) mass is 433 g/mol. The Balaban J connectivity index is 1.74. The van der Waals surface area contributed by atoms with E-state index in [2.05, 4.69) is 16.9 Å². The van der Waals surface area contributed by atoms with Gasteiger partial charge in [0.25, 0.3) is 0 Å². The maximum Gasteiger partial charge on any atom is 0.242 e. The van der Waals surface area contributed by atoms with Crippen molar-refractivity contribution in [1.29, 1.82) is 0 Å². The molecule has 0 saturated carbocycles. The van der Waals surface area contributed by atoms with Gasteiger partial charge in [-0.05, 0) is 36.4 Å². The van der Waals surface area contributed by atoms with E-state index in [0.717, 1.165) is 0 Å². The topological polar surface area (TPSA) is 61.8 Å². The van der Waals surface area contributed by atoms with Crippen molar-refractivity contribution < 1.29 is 9.59 Å². The SMILES string of the molecule is C=CCN1C(=O)[C@H](CC(=O)Nc2cccc(Cl)c2)SC1=Nc1cccc(Cl)c1. The summed E-state index contributed by atoms with van der Waals surface area (Å²) in [7, 11) is 0. The van der Waals surface area contributed by atoms with Gasteiger partial charge in [0.05, 0.1) is 5.69 Å². The highest BCUT2D eigenvalue weighted by atomic mass is 35.5. The van der Waals surface area contributed by atoms with Gasteiger partial charge in [-0.3, -0.25) is 14.5 Å². The van der Waals surface area contributed by atoms with Gasteiger partial charge in [0.15, 0.2) is 5.17 Å². The van der Waals surface area contributed by atoms with Crippen molar-refractivity contribution in [2.24, 2.45) is 4.99 Å². The number of carbonyl (C=O) groups excluding carboxylic acids is 2. The summed E-state index contributed by atoms with van der Waals surface area (Å²) in [6, 6.07) is 13.9. The number of benzene rings is 2. The molecule has 3 rings (SSSR count). The molecule has 144 valence electrons. The standard InChI is InChI=1S/C20H17Cl2N3O2S/c1-2-9-25-19(27)17(12-18(26)23-15-7-3-5-13(21)10-15)28-20(25)24-16-8-4-6-14(22)11-16/h2-8,10-11,17H,1,9,12H2,(H,23,26)/t17-/m0/s1. The van der Waals surface area contributed by atoms with Crippen molar-refractivity contribution in [3.63, 3.8) is 0 Å². The number of carbonyl (C=O) groups is 2. The molecule has 2 aromatic carbocycles. The predicted octanol–water partition coefficient (Wildman–Crippen LogP) is 5.14. The van der Waals surface area contributed by atoms with Crippen LogP contribution in [-0.2, 0) is 9.59 Å². The number of nitrogens with one attached hydrogen (secondary N) is 1. The maximum atomic E-state index is 12.8. The van der Waals surface area contributed by atoms with Crippen LogP contribution in [0.15, 0.2) is 66.2 Å². The third-order valence-corrected chi connectivity index (χ3v) is 5.49. The Kier molecular flexibility index (Phi) is 6.78. The highest BCUT2D eigenvalue weighted by Gasteiger charge is 2.38. The zero-order valence-electron chi connectivity index (χ0n) is 14.8. The molecule has 1 heterocycles. The van der Waals surface area contributed by atoms with E-state index in [0.29, 0.717) is 33.1 Å². The Morgan fingerprint density at radius 3 is 2.61 bits per heavy atom. The zero-order valence-corrected chi connectivity index (χ0v) is 17.1. The van der Waals surface area contributed by atoms with Crippen molar-refractivity contribution in [2.75, 3.05) is 11.9 Å². The molecule has 1 aliphatic rings. The number of thioether (sulfide) groups is 1. The summed E-state index contributed by atoms with van der Waals surface area (Å²) < 4.78 is 0. The summed E-state index contributed by atoms with van der Waals surface area (Å²) in [6.45, 7) is 4.01. The van der Waals surface area contributed by atoms with E-state index in [9.17, 15) is 9.59 Å². The molecule has 0 unspecified atom stereocenters. The van der Waals surface area contributed by atoms with E-state index < -0.39 is 5.25 Å². The molecule has 1 N–H and O–H groups in total. The lowest BCUT2D eigenvalue weighted by molar-refractivity contribution is -0.127. The number of rotatable bonds is 6. The fraction of sp³-hybridized carbons (Fsp3) is 0.150. The maximum absolute atomic E-state index is 12.8. The summed E-state index contributed by atoms with van der Waals surface area (Å²) in [5, 5.41) is 3.81. The molecule has 0 bridgehead atoms. The Morgan fingerprint density at radius 1 is 1.21 bits per heavy atom. The Bertz CT molecular complexity index is 949. The molecule has 1 saturated heterocycles. The number of nitrogens with zero attached hydrogens (tertiary/aromatic N) is 2. The van der Waals surface area contributed by atoms with E-state index in [-0.39, 0.29) is 18.2 Å². The molecule has 5 nitrogen and oxygen atoms in total. The number of halogens is 2. The molecule has 2 amide bonds. The highest BCUT2D eigenvalue weighted by Crippen LogP contribution is 2.32. The Labute approximate surface area is 177 Å². The van der Waals surface area contributed by atoms with Crippen molar-refractivity contribution >= 4 is 63.3 Å². The average molecular weight is 434 g/mol. The van der Waals surface area contributed by atoms with Gasteiger partial charge in [0.1, 0.15) is 5.25 Å². The van der Waals surface area contributed by atoms with Crippen molar-refractivity contribution in [3.8, 4) is 0 Å². The lowest BCUT2D eigenvalue weighted by Gasteiger charge is -2.13. The number of hydrogen-bond donors (Lipinski definition) is 1. The summed E-state index contributed by atoms with van der Waals surface area (Å²) in [4.78, 5) is 31.2. The number of amidine groups is 1. The van der Waals surface area contributed by atoms with Crippen LogP contribution in [0.3, 0.4) is 0 Å². The minimum atomic E-state index is -0.558. The average Bonchev–Trinajstić information content (AvgIpc) is 2.91. The van der Waals surface area contributed by atoms with Crippen LogP contribution < -0.4 is 5.32 Å². The van der Waals surface area contributed by atoms with Crippen LogP contribution in [0.5, 0.6) is 0 Å². The van der Waals surface area contributed by atoms with Crippen LogP contribution in [-0.4, -0.2) is 33.7 Å². The van der Waals surface area contributed by atoms with Crippen LogP contribution in [0.2, 0.25) is 10.0 Å². The summed E-state index contributed by atoms with van der Waals surface area (Å²) in [5.41, 5.74) is 1.23. The molecule has 2 aromatic rings. The van der Waals surface area contributed by atoms with E-state index in [4.69, 9.17) is 23.2 Å². The fourth-order valence-electron chi connectivity index (χ4n) is 2.62. The second-order valence-corrected chi connectivity index (χ2v) is 8.02. The van der Waals surface area contributed by atoms with Crippen molar-refractivity contribution in [3.05, 3.63) is 71.2 Å². The quantitative estimate of drug-likeness (QED) is 0.641. The van der Waals surface area contributed by atoms with Crippen LogP contribution in [0, 0.1) is 0 Å². The molecule has 28 heavy (non-hydrogen) atoms. The van der Waals surface area contributed by atoms with Crippen molar-refractivity contribution in [2.45, 2.75) is 11.7 Å². The molecule has 0 spiro atoms. The van der Waals surface area contributed by atoms with Gasteiger partial charge in [-0.15, -0.1) is 6.58 Å². The Hall–Kier alpha value is -2.28. The van der Waals surface area contributed by atoms with E-state index >= 15 is 0 Å². The molecular formula is C20H17Cl2N3O2S. The number of aliphatic imine (C=N–C) groups is 1. The van der Waals surface area contributed by atoms with Crippen LogP contribution in [0.25, 0.3) is 0 Å². The zero-order chi connectivity index (χ0) is 20.1. The highest BCUT2D eigenvalue weighted by molar-refractivity contribution is 8.15. The lowest BCUT2D eigenvalue weighted by Crippen LogP contribution is -2.33. The first kappa shape index (κ1) is 20.5. The first-order chi connectivity index (χ1) is 13.5. The van der Waals surface area contributed by atoms with E-state index in [1.807, 2.05) is 0 Å². The Morgan fingerprint density at radius 2 is 1.93 bits per heavy atom. The van der Waals surface area contributed by atoms with Gasteiger partial charge in [0.2, 0.25) is 11.8 Å². The molecule has 0 aliphatic carbocycles. The summed E-state index contributed by atoms with van der Waals surface area (Å²) in [5.74, 6) is -0.442. The second kappa shape index (κ2) is 9.28. The number of anilines is 1. The first-order valence-corrected chi connectivity index (χ1v) is 10.1. The molecular weight excluding hydrogens is 417 g/mol. The molecule has 8 heteroatoms. The third-order valence-electron chi connectivity index (χ3n) is 3.84. The van der Waals surface area contributed by atoms with Gasteiger partial charge in [-0.2, -0.15) is 0 Å². The van der Waals surface area contributed by atoms with Gasteiger partial charge in [0, 0.05) is 28.7 Å². The number of amides is 2. The van der Waals surface area contributed by atoms with E-state index in [1.54, 1.807) is 54.6 Å². The summed E-state index contributed by atoms with van der Waals surface area (Å²) in [6.07, 6.45) is 1.65. The van der Waals surface area contributed by atoms with Gasteiger partial charge in [-0.25, -0.2) is 4.99 Å². The molecule has 1 atom stereocenters. The van der Waals surface area contributed by atoms with Gasteiger partial charge < -0.3 is 5.32 Å². The molecule has 0 radical (unpaired) electrons. The van der Waals surface area contributed by atoms with Crippen LogP contribution in [0.4, 0.5) is 11.4 Å². The first-order valence-electron chi connectivity index (χ1n) is 8.45. The normalized spacial score (nSPS) is 17.8. The minimum absolute atomic E-state index is 0.0260. The fourth-order valence-corrected chi connectivity index (χ4v) is 4.17. The summed E-state index contributed by atoms with van der Waals surface area (Å²) >= 11 is 13.2. The molecule has 0 aromatic heterocycles. The van der Waals surface area contributed by atoms with E-state index in [1.165, 1.54) is 16.7 Å². The largest absolute Gasteiger partial charge is 0.326 e. The van der Waals surface area contributed by atoms with Gasteiger partial charge >= 0.3 is 0 Å². The second-order valence-electron chi connectivity index (χ2n) is 5.98. The third kappa shape index (κ3) is 5.16. The van der Waals surface area contributed by atoms with Crippen LogP contribution >= 0.6 is 35.0 Å². The smallest absolute Gasteiger partial charge is 0.242 e. The molecule has 1 fully saturated rings. The van der Waals surface area contributed by atoms with Crippen molar-refractivity contribution in [1.82, 2.24) is 4.90 Å².